The van der Waals surface area contributed by atoms with E-state index in [9.17, 15) is 0 Å². The van der Waals surface area contributed by atoms with E-state index in [2.05, 4.69) is 34.8 Å². The van der Waals surface area contributed by atoms with E-state index >= 15 is 0 Å². The SMILES string of the molecule is Cn1cccc1C(Cl)N1CCCCC1. The van der Waals surface area contributed by atoms with Crippen molar-refractivity contribution in [2.75, 3.05) is 13.1 Å². The molecule has 1 aromatic rings. The number of aromatic nitrogens is 1. The number of hydrogen-bond acceptors (Lipinski definition) is 1. The third-order valence-corrected chi connectivity index (χ3v) is 3.44. The average Bonchev–Trinajstić information content (AvgIpc) is 2.65. The van der Waals surface area contributed by atoms with E-state index in [-0.39, 0.29) is 5.50 Å². The van der Waals surface area contributed by atoms with Gasteiger partial charge in [-0.25, -0.2) is 0 Å². The Morgan fingerprint density at radius 1 is 1.29 bits per heavy atom. The van der Waals surface area contributed by atoms with E-state index in [4.69, 9.17) is 11.6 Å². The molecule has 3 heteroatoms. The van der Waals surface area contributed by atoms with Crippen molar-refractivity contribution in [3.8, 4) is 0 Å². The van der Waals surface area contributed by atoms with Crippen molar-refractivity contribution in [3.05, 3.63) is 24.0 Å². The topological polar surface area (TPSA) is 8.17 Å². The molecule has 1 aromatic heterocycles. The molecule has 0 aliphatic carbocycles. The maximum absolute atomic E-state index is 6.44. The van der Waals surface area contributed by atoms with Gasteiger partial charge in [0.25, 0.3) is 0 Å². The molecule has 2 rings (SSSR count). The van der Waals surface area contributed by atoms with Gasteiger partial charge in [-0.05, 0) is 38.1 Å². The summed E-state index contributed by atoms with van der Waals surface area (Å²) in [4.78, 5) is 2.36. The zero-order valence-electron chi connectivity index (χ0n) is 8.62. The predicted octanol–water partition coefficient (Wildman–Crippen LogP) is 2.75. The smallest absolute Gasteiger partial charge is 0.126 e. The van der Waals surface area contributed by atoms with Crippen LogP contribution in [-0.2, 0) is 7.05 Å². The van der Waals surface area contributed by atoms with E-state index in [1.54, 1.807) is 0 Å². The molecule has 2 heterocycles. The molecule has 1 aliphatic rings. The fourth-order valence-electron chi connectivity index (χ4n) is 2.05. The normalized spacial score (nSPS) is 21.0. The first-order chi connectivity index (χ1) is 6.79. The lowest BCUT2D eigenvalue weighted by molar-refractivity contribution is 0.206. The van der Waals surface area contributed by atoms with Gasteiger partial charge in [0.2, 0.25) is 0 Å². The maximum Gasteiger partial charge on any atom is 0.126 e. The number of rotatable bonds is 2. The molecule has 0 amide bonds. The standard InChI is InChI=1S/C11H17ClN2/c1-13-7-5-6-10(13)11(12)14-8-3-2-4-9-14/h5-7,11H,2-4,8-9H2,1H3. The number of aryl methyl sites for hydroxylation is 1. The van der Waals surface area contributed by atoms with Crippen molar-refractivity contribution in [2.45, 2.75) is 24.8 Å². The summed E-state index contributed by atoms with van der Waals surface area (Å²) in [6, 6.07) is 4.15. The Kier molecular flexibility index (Phi) is 3.14. The first kappa shape index (κ1) is 10.1. The van der Waals surface area contributed by atoms with Crippen molar-refractivity contribution < 1.29 is 0 Å². The van der Waals surface area contributed by atoms with Crippen molar-refractivity contribution >= 4 is 11.6 Å². The molecular formula is C11H17ClN2. The molecule has 0 radical (unpaired) electrons. The molecule has 78 valence electrons. The molecule has 1 fully saturated rings. The Bertz CT molecular complexity index is 289. The molecule has 1 unspecified atom stereocenters. The fourth-order valence-corrected chi connectivity index (χ4v) is 2.48. The molecule has 0 spiro atoms. The minimum absolute atomic E-state index is 0.0512. The van der Waals surface area contributed by atoms with Gasteiger partial charge < -0.3 is 4.57 Å². The molecule has 0 saturated carbocycles. The zero-order valence-corrected chi connectivity index (χ0v) is 9.37. The molecular weight excluding hydrogens is 196 g/mol. The van der Waals surface area contributed by atoms with Crippen molar-refractivity contribution in [2.24, 2.45) is 7.05 Å². The molecule has 0 N–H and O–H groups in total. The van der Waals surface area contributed by atoms with Gasteiger partial charge in [0, 0.05) is 13.2 Å². The Hall–Kier alpha value is -0.470. The lowest BCUT2D eigenvalue weighted by atomic mass is 10.1. The maximum atomic E-state index is 6.44. The summed E-state index contributed by atoms with van der Waals surface area (Å²) in [7, 11) is 2.05. The number of piperidine rings is 1. The second-order valence-corrected chi connectivity index (χ2v) is 4.39. The number of halogens is 1. The Labute approximate surface area is 90.5 Å². The van der Waals surface area contributed by atoms with Crippen LogP contribution in [0, 0.1) is 0 Å². The molecule has 1 saturated heterocycles. The molecule has 1 aliphatic heterocycles. The second kappa shape index (κ2) is 4.37. The van der Waals surface area contributed by atoms with Gasteiger partial charge in [-0.15, -0.1) is 0 Å². The van der Waals surface area contributed by atoms with Gasteiger partial charge >= 0.3 is 0 Å². The van der Waals surface area contributed by atoms with Crippen LogP contribution in [0.25, 0.3) is 0 Å². The number of nitrogens with zero attached hydrogens (tertiary/aromatic N) is 2. The van der Waals surface area contributed by atoms with Crippen LogP contribution in [0.3, 0.4) is 0 Å². The summed E-state index contributed by atoms with van der Waals surface area (Å²) < 4.78 is 2.10. The van der Waals surface area contributed by atoms with E-state index in [1.807, 2.05) is 0 Å². The monoisotopic (exact) mass is 212 g/mol. The summed E-state index contributed by atoms with van der Waals surface area (Å²) in [5, 5.41) is 0. The van der Waals surface area contributed by atoms with Crippen LogP contribution in [0.4, 0.5) is 0 Å². The third kappa shape index (κ3) is 1.96. The van der Waals surface area contributed by atoms with E-state index < -0.39 is 0 Å². The highest BCUT2D eigenvalue weighted by atomic mass is 35.5. The van der Waals surface area contributed by atoms with E-state index in [0.29, 0.717) is 0 Å². The highest BCUT2D eigenvalue weighted by Crippen LogP contribution is 2.27. The summed E-state index contributed by atoms with van der Waals surface area (Å²) in [5.74, 6) is 0. The minimum atomic E-state index is 0.0512. The van der Waals surface area contributed by atoms with E-state index in [0.717, 1.165) is 13.1 Å². The van der Waals surface area contributed by atoms with Crippen LogP contribution in [0.5, 0.6) is 0 Å². The van der Waals surface area contributed by atoms with E-state index in [1.165, 1.54) is 25.0 Å². The minimum Gasteiger partial charge on any atom is -0.352 e. The molecule has 14 heavy (non-hydrogen) atoms. The third-order valence-electron chi connectivity index (χ3n) is 2.94. The van der Waals surface area contributed by atoms with Crippen LogP contribution in [0.15, 0.2) is 18.3 Å². The van der Waals surface area contributed by atoms with Crippen molar-refractivity contribution in [1.82, 2.24) is 9.47 Å². The van der Waals surface area contributed by atoms with Crippen LogP contribution in [0.2, 0.25) is 0 Å². The van der Waals surface area contributed by atoms with Gasteiger partial charge in [-0.2, -0.15) is 0 Å². The summed E-state index contributed by atoms with van der Waals surface area (Å²) in [6.45, 7) is 2.28. The Morgan fingerprint density at radius 2 is 2.00 bits per heavy atom. The number of hydrogen-bond donors (Lipinski definition) is 0. The first-order valence-corrected chi connectivity index (χ1v) is 5.72. The molecule has 0 bridgehead atoms. The highest BCUT2D eigenvalue weighted by Gasteiger charge is 2.21. The Morgan fingerprint density at radius 3 is 2.57 bits per heavy atom. The highest BCUT2D eigenvalue weighted by molar-refractivity contribution is 6.20. The fraction of sp³-hybridized carbons (Fsp3) is 0.636. The Balaban J connectivity index is 2.07. The quantitative estimate of drug-likeness (QED) is 0.541. The molecule has 1 atom stereocenters. The van der Waals surface area contributed by atoms with Gasteiger partial charge in [0.1, 0.15) is 5.50 Å². The van der Waals surface area contributed by atoms with Crippen molar-refractivity contribution in [3.63, 3.8) is 0 Å². The van der Waals surface area contributed by atoms with Crippen LogP contribution < -0.4 is 0 Å². The second-order valence-electron chi connectivity index (χ2n) is 3.98. The van der Waals surface area contributed by atoms with Gasteiger partial charge in [-0.3, -0.25) is 4.90 Å². The molecule has 0 aromatic carbocycles. The number of likely N-dealkylation sites (tertiary alicyclic amines) is 1. The number of alkyl halides is 1. The average molecular weight is 213 g/mol. The first-order valence-electron chi connectivity index (χ1n) is 5.28. The zero-order chi connectivity index (χ0) is 9.97. The lowest BCUT2D eigenvalue weighted by Gasteiger charge is -2.30. The summed E-state index contributed by atoms with van der Waals surface area (Å²) in [6.07, 6.45) is 5.98. The van der Waals surface area contributed by atoms with Gasteiger partial charge in [0.05, 0.1) is 5.69 Å². The summed E-state index contributed by atoms with van der Waals surface area (Å²) in [5.41, 5.74) is 1.25. The summed E-state index contributed by atoms with van der Waals surface area (Å²) >= 11 is 6.44. The van der Waals surface area contributed by atoms with Crippen LogP contribution in [-0.4, -0.2) is 22.6 Å². The van der Waals surface area contributed by atoms with Crippen LogP contribution >= 0.6 is 11.6 Å². The lowest BCUT2D eigenvalue weighted by Crippen LogP contribution is -2.31. The molecule has 2 nitrogen and oxygen atoms in total. The van der Waals surface area contributed by atoms with Gasteiger partial charge in [0.15, 0.2) is 0 Å². The van der Waals surface area contributed by atoms with Crippen LogP contribution in [0.1, 0.15) is 30.5 Å². The largest absolute Gasteiger partial charge is 0.352 e. The van der Waals surface area contributed by atoms with Gasteiger partial charge in [-0.1, -0.05) is 18.0 Å². The van der Waals surface area contributed by atoms with Crippen molar-refractivity contribution in [1.29, 1.82) is 0 Å². The predicted molar refractivity (Wildman–Crippen MR) is 59.4 cm³/mol.